The summed E-state index contributed by atoms with van der Waals surface area (Å²) in [4.78, 5) is 42.6. The number of pyridine rings is 2. The van der Waals surface area contributed by atoms with Crippen LogP contribution in [0.5, 0.6) is 5.75 Å². The molecule has 0 saturated heterocycles. The van der Waals surface area contributed by atoms with Crippen LogP contribution in [0.1, 0.15) is 29.7 Å². The molecule has 46 heavy (non-hydrogen) atoms. The number of fused-ring (bicyclic) bond motifs is 1. The van der Waals surface area contributed by atoms with Gasteiger partial charge in [-0.1, -0.05) is 11.6 Å². The zero-order valence-electron chi connectivity index (χ0n) is 23.6. The highest BCUT2D eigenvalue weighted by atomic mass is 35.5. The molecule has 4 N–H and O–H groups in total. The Morgan fingerprint density at radius 2 is 1.65 bits per heavy atom. The Hall–Kier alpha value is -5.44. The molecular weight excluding hydrogens is 654 g/mol. The number of halogens is 7. The third-order valence-electron chi connectivity index (χ3n) is 5.95. The van der Waals surface area contributed by atoms with E-state index in [1.54, 1.807) is 25.6 Å². The van der Waals surface area contributed by atoms with Gasteiger partial charge in [0.2, 0.25) is 0 Å². The Morgan fingerprint density at radius 1 is 1.09 bits per heavy atom. The molecule has 4 aromatic rings. The second kappa shape index (κ2) is 14.6. The smallest absolute Gasteiger partial charge is 0.490 e. The third-order valence-corrected chi connectivity index (χ3v) is 6.34. The minimum atomic E-state index is -5.08. The minimum Gasteiger partial charge on any atom is -0.496 e. The third kappa shape index (κ3) is 8.59. The van der Waals surface area contributed by atoms with Gasteiger partial charge in [-0.3, -0.25) is 9.78 Å². The number of hydrogen-bond acceptors (Lipinski definition) is 9. The van der Waals surface area contributed by atoms with Crippen LogP contribution in [0.2, 0.25) is 5.02 Å². The Kier molecular flexibility index (Phi) is 11.6. The Balaban J connectivity index is 0.000000440. The molecule has 3 aromatic heterocycles. The average molecular weight is 675 g/mol. The maximum Gasteiger partial charge on any atom is 0.490 e. The quantitative estimate of drug-likeness (QED) is 0.242. The number of aromatic nitrogens is 4. The second-order valence-electron chi connectivity index (χ2n) is 8.88. The van der Waals surface area contributed by atoms with Crippen molar-refractivity contribution in [3.8, 4) is 22.9 Å². The lowest BCUT2D eigenvalue weighted by atomic mass is 9.94. The highest BCUT2D eigenvalue weighted by Crippen LogP contribution is 2.43. The van der Waals surface area contributed by atoms with Gasteiger partial charge in [0.25, 0.3) is 0 Å². The van der Waals surface area contributed by atoms with E-state index in [1.807, 2.05) is 24.5 Å². The molecule has 1 aromatic carbocycles. The van der Waals surface area contributed by atoms with Crippen molar-refractivity contribution in [2.75, 3.05) is 12.8 Å². The van der Waals surface area contributed by atoms with Crippen molar-refractivity contribution < 1.29 is 50.9 Å². The maximum absolute atomic E-state index is 12.4. The van der Waals surface area contributed by atoms with Gasteiger partial charge >= 0.3 is 24.3 Å². The van der Waals surface area contributed by atoms with Crippen molar-refractivity contribution in [1.82, 2.24) is 19.5 Å². The average Bonchev–Trinajstić information content (AvgIpc) is 2.97. The summed E-state index contributed by atoms with van der Waals surface area (Å²) in [5.41, 5.74) is 9.55. The van der Waals surface area contributed by atoms with E-state index in [-0.39, 0.29) is 22.7 Å². The van der Waals surface area contributed by atoms with Gasteiger partial charge in [-0.15, -0.1) is 0 Å². The number of nitrogen functional groups attached to an aromatic ring is 1. The van der Waals surface area contributed by atoms with E-state index >= 15 is 0 Å². The molecule has 0 aliphatic heterocycles. The highest BCUT2D eigenvalue weighted by molar-refractivity contribution is 6.32. The number of nitriles is 1. The predicted octanol–water partition coefficient (Wildman–Crippen LogP) is 5.15. The van der Waals surface area contributed by atoms with Crippen LogP contribution in [-0.4, -0.2) is 61.1 Å². The molecule has 12 nitrogen and oxygen atoms in total. The van der Waals surface area contributed by atoms with Crippen LogP contribution in [0.4, 0.5) is 32.2 Å². The molecule has 0 aliphatic rings. The SMILES string of the molecule is COc1c(C(C)n2ccc(=O)c3c(N)ncnc32)cc(Cl)c(C)c1-c1cncc(C#N)c1.O=C(O)C(F)(F)F.O=C(O)C(F)(F)F. The number of carboxylic acid groups (broad SMARTS) is 2. The summed E-state index contributed by atoms with van der Waals surface area (Å²) >= 11 is 6.63. The van der Waals surface area contributed by atoms with Crippen molar-refractivity contribution >= 4 is 40.4 Å². The van der Waals surface area contributed by atoms with Crippen molar-refractivity contribution in [3.63, 3.8) is 0 Å². The van der Waals surface area contributed by atoms with Gasteiger partial charge in [0.15, 0.2) is 5.43 Å². The predicted molar refractivity (Wildman–Crippen MR) is 150 cm³/mol. The van der Waals surface area contributed by atoms with Crippen LogP contribution >= 0.6 is 11.6 Å². The van der Waals surface area contributed by atoms with E-state index in [1.165, 1.54) is 18.6 Å². The molecule has 1 atom stereocenters. The Morgan fingerprint density at radius 3 is 2.15 bits per heavy atom. The summed E-state index contributed by atoms with van der Waals surface area (Å²) in [6.45, 7) is 3.83. The zero-order chi connectivity index (χ0) is 35.1. The van der Waals surface area contributed by atoms with Gasteiger partial charge in [-0.05, 0) is 31.5 Å². The van der Waals surface area contributed by atoms with Crippen LogP contribution in [0.25, 0.3) is 22.2 Å². The number of carboxylic acids is 2. The van der Waals surface area contributed by atoms with Crippen LogP contribution in [0.3, 0.4) is 0 Å². The van der Waals surface area contributed by atoms with E-state index in [0.29, 0.717) is 27.5 Å². The molecule has 0 radical (unpaired) electrons. The number of nitrogens with two attached hydrogens (primary N) is 1. The summed E-state index contributed by atoms with van der Waals surface area (Å²) in [6.07, 6.45) is -4.02. The molecule has 0 saturated carbocycles. The number of alkyl halides is 6. The number of anilines is 1. The van der Waals surface area contributed by atoms with Crippen molar-refractivity contribution in [2.24, 2.45) is 0 Å². The summed E-state index contributed by atoms with van der Waals surface area (Å²) in [7, 11) is 1.58. The van der Waals surface area contributed by atoms with Crippen molar-refractivity contribution in [3.05, 3.63) is 75.1 Å². The van der Waals surface area contributed by atoms with Gasteiger partial charge in [-0.2, -0.15) is 31.6 Å². The first-order chi connectivity index (χ1) is 21.3. The molecule has 0 aliphatic carbocycles. The fourth-order valence-corrected chi connectivity index (χ4v) is 4.06. The van der Waals surface area contributed by atoms with Gasteiger partial charge in [0, 0.05) is 46.4 Å². The van der Waals surface area contributed by atoms with Gasteiger partial charge < -0.3 is 25.3 Å². The first kappa shape index (κ1) is 36.8. The Labute approximate surface area is 259 Å². The number of hydrogen-bond donors (Lipinski definition) is 3. The number of methoxy groups -OCH3 is 1. The van der Waals surface area contributed by atoms with E-state index in [9.17, 15) is 36.4 Å². The normalized spacial score (nSPS) is 11.7. The standard InChI is InChI=1S/C23H19ClN6O2.2C2HF3O2/c1-12-17(24)7-16(21(32-3)19(12)15-6-14(8-25)9-27-10-15)13(2)30-5-4-18(31)20-22(26)28-11-29-23(20)30;2*3-2(4,5)1(6)7/h4-7,9-11,13H,1-3H3,(H2,26,28,29);2*(H,6,7). The largest absolute Gasteiger partial charge is 0.496 e. The van der Waals surface area contributed by atoms with E-state index in [4.69, 9.17) is 41.9 Å². The van der Waals surface area contributed by atoms with Crippen LogP contribution in [-0.2, 0) is 9.59 Å². The van der Waals surface area contributed by atoms with Crippen molar-refractivity contribution in [2.45, 2.75) is 32.2 Å². The molecule has 3 heterocycles. The Bertz CT molecular complexity index is 1850. The summed E-state index contributed by atoms with van der Waals surface area (Å²) in [5.74, 6) is -4.80. The lowest BCUT2D eigenvalue weighted by Crippen LogP contribution is -2.21. The molecule has 1 unspecified atom stereocenters. The highest BCUT2D eigenvalue weighted by Gasteiger charge is 2.38. The lowest BCUT2D eigenvalue weighted by molar-refractivity contribution is -0.193. The molecule has 19 heteroatoms. The van der Waals surface area contributed by atoms with Gasteiger partial charge in [0.1, 0.15) is 35.0 Å². The van der Waals surface area contributed by atoms with E-state index < -0.39 is 24.3 Å². The summed E-state index contributed by atoms with van der Waals surface area (Å²) < 4.78 is 71.1. The number of ether oxygens (including phenoxy) is 1. The first-order valence-electron chi connectivity index (χ1n) is 12.2. The molecule has 4 rings (SSSR count). The molecule has 0 amide bonds. The van der Waals surface area contributed by atoms with Gasteiger partial charge in [0.05, 0.1) is 18.7 Å². The molecule has 0 spiro atoms. The topological polar surface area (TPSA) is 194 Å². The van der Waals surface area contributed by atoms with E-state index in [2.05, 4.69) is 21.0 Å². The number of nitrogens with zero attached hydrogens (tertiary/aromatic N) is 5. The summed E-state index contributed by atoms with van der Waals surface area (Å²) in [6, 6.07) is 6.79. The fraction of sp³-hybridized carbons (Fsp3) is 0.222. The number of carbonyl (C=O) groups is 2. The maximum atomic E-state index is 12.4. The molecule has 0 bridgehead atoms. The van der Waals surface area contributed by atoms with Crippen LogP contribution in [0, 0.1) is 18.3 Å². The monoisotopic (exact) mass is 674 g/mol. The number of aliphatic carboxylic acids is 2. The van der Waals surface area contributed by atoms with Crippen molar-refractivity contribution in [1.29, 1.82) is 5.26 Å². The molecule has 0 fully saturated rings. The van der Waals surface area contributed by atoms with Crippen LogP contribution in [0.15, 0.2) is 47.9 Å². The van der Waals surface area contributed by atoms with E-state index in [0.717, 1.165) is 16.7 Å². The minimum absolute atomic E-state index is 0.121. The zero-order valence-corrected chi connectivity index (χ0v) is 24.4. The second-order valence-corrected chi connectivity index (χ2v) is 9.29. The lowest BCUT2D eigenvalue weighted by Gasteiger charge is -2.24. The number of benzene rings is 1. The molecular formula is C27H21ClF6N6O6. The van der Waals surface area contributed by atoms with Gasteiger partial charge in [-0.25, -0.2) is 19.6 Å². The first-order valence-corrected chi connectivity index (χ1v) is 12.6. The summed E-state index contributed by atoms with van der Waals surface area (Å²) in [5, 5.41) is 24.3. The number of rotatable bonds is 4. The van der Waals surface area contributed by atoms with Crippen LogP contribution < -0.4 is 15.9 Å². The fourth-order valence-electron chi connectivity index (χ4n) is 3.85. The molecule has 244 valence electrons.